The van der Waals surface area contributed by atoms with E-state index in [0.717, 1.165) is 16.5 Å². The molecule has 0 saturated carbocycles. The fourth-order valence-corrected chi connectivity index (χ4v) is 2.85. The lowest BCUT2D eigenvalue weighted by Crippen LogP contribution is -2.16. The molecule has 1 amide bonds. The Kier molecular flexibility index (Phi) is 3.62. The average molecular weight is 317 g/mol. The lowest BCUT2D eigenvalue weighted by Gasteiger charge is -2.08. The third-order valence-corrected chi connectivity index (χ3v) is 4.04. The van der Waals surface area contributed by atoms with Crippen molar-refractivity contribution in [2.45, 2.75) is 6.92 Å². The summed E-state index contributed by atoms with van der Waals surface area (Å²) in [5.74, 6) is -0.765. The Balaban J connectivity index is 2.00. The highest BCUT2D eigenvalue weighted by atomic mass is 35.5. The number of rotatable bonds is 2. The van der Waals surface area contributed by atoms with E-state index in [1.54, 1.807) is 0 Å². The summed E-state index contributed by atoms with van der Waals surface area (Å²) in [6, 6.07) is 11.9. The van der Waals surface area contributed by atoms with Crippen LogP contribution in [0.25, 0.3) is 10.9 Å². The second-order valence-electron chi connectivity index (χ2n) is 5.13. The van der Waals surface area contributed by atoms with Gasteiger partial charge < -0.3 is 9.88 Å². The molecule has 1 aromatic heterocycles. The van der Waals surface area contributed by atoms with Crippen molar-refractivity contribution in [3.63, 3.8) is 0 Å². The van der Waals surface area contributed by atoms with Crippen LogP contribution in [0.15, 0.2) is 42.5 Å². The zero-order chi connectivity index (χ0) is 15.9. The van der Waals surface area contributed by atoms with Crippen molar-refractivity contribution >= 4 is 34.1 Å². The Hall–Kier alpha value is -2.33. The van der Waals surface area contributed by atoms with Gasteiger partial charge in [0.25, 0.3) is 5.91 Å². The van der Waals surface area contributed by atoms with E-state index >= 15 is 0 Å². The van der Waals surface area contributed by atoms with Crippen LogP contribution in [0, 0.1) is 12.7 Å². The molecule has 2 aromatic carbocycles. The topological polar surface area (TPSA) is 34.0 Å². The van der Waals surface area contributed by atoms with Gasteiger partial charge in [-0.2, -0.15) is 0 Å². The van der Waals surface area contributed by atoms with Gasteiger partial charge in [-0.15, -0.1) is 0 Å². The van der Waals surface area contributed by atoms with E-state index in [2.05, 4.69) is 5.32 Å². The van der Waals surface area contributed by atoms with E-state index in [1.165, 1.54) is 18.2 Å². The number of carbonyl (C=O) groups is 1. The van der Waals surface area contributed by atoms with Gasteiger partial charge in [0.05, 0.1) is 5.02 Å². The van der Waals surface area contributed by atoms with E-state index in [1.807, 2.05) is 42.8 Å². The Morgan fingerprint density at radius 1 is 1.23 bits per heavy atom. The molecule has 0 radical (unpaired) electrons. The zero-order valence-corrected chi connectivity index (χ0v) is 12.9. The minimum atomic E-state index is -0.513. The number of para-hydroxylation sites is 1. The van der Waals surface area contributed by atoms with Gasteiger partial charge in [0, 0.05) is 23.6 Å². The number of halogens is 2. The molecule has 5 heteroatoms. The quantitative estimate of drug-likeness (QED) is 0.740. The molecule has 0 atom stereocenters. The summed E-state index contributed by atoms with van der Waals surface area (Å²) >= 11 is 5.74. The monoisotopic (exact) mass is 316 g/mol. The highest BCUT2D eigenvalue weighted by Crippen LogP contribution is 2.26. The van der Waals surface area contributed by atoms with Gasteiger partial charge in [0.1, 0.15) is 11.5 Å². The molecule has 0 aliphatic rings. The number of aromatic nitrogens is 1. The van der Waals surface area contributed by atoms with Crippen LogP contribution < -0.4 is 5.32 Å². The number of hydrogen-bond acceptors (Lipinski definition) is 1. The van der Waals surface area contributed by atoms with Gasteiger partial charge in [-0.3, -0.25) is 4.79 Å². The molecule has 0 aliphatic carbocycles. The molecule has 112 valence electrons. The summed E-state index contributed by atoms with van der Waals surface area (Å²) in [5, 5.41) is 3.77. The summed E-state index contributed by atoms with van der Waals surface area (Å²) in [7, 11) is 1.85. The van der Waals surface area contributed by atoms with Crippen molar-refractivity contribution in [1.29, 1.82) is 0 Å². The van der Waals surface area contributed by atoms with Gasteiger partial charge in [0.2, 0.25) is 0 Å². The van der Waals surface area contributed by atoms with Crippen LogP contribution in [-0.4, -0.2) is 10.5 Å². The molecule has 0 bridgehead atoms. The first-order valence-electron chi connectivity index (χ1n) is 6.79. The van der Waals surface area contributed by atoms with Crippen LogP contribution in [0.2, 0.25) is 5.02 Å². The summed E-state index contributed by atoms with van der Waals surface area (Å²) in [5.41, 5.74) is 2.92. The number of fused-ring (bicyclic) bond motifs is 1. The first kappa shape index (κ1) is 14.6. The van der Waals surface area contributed by atoms with E-state index < -0.39 is 5.82 Å². The van der Waals surface area contributed by atoms with Crippen LogP contribution in [-0.2, 0) is 7.05 Å². The molecule has 3 rings (SSSR count). The van der Waals surface area contributed by atoms with E-state index in [9.17, 15) is 9.18 Å². The Morgan fingerprint density at radius 3 is 2.64 bits per heavy atom. The molecular formula is C17H14ClFN2O. The molecule has 1 heterocycles. The van der Waals surface area contributed by atoms with Crippen molar-refractivity contribution in [3.05, 3.63) is 64.6 Å². The molecule has 0 unspecified atom stereocenters. The predicted molar refractivity (Wildman–Crippen MR) is 87.0 cm³/mol. The second-order valence-corrected chi connectivity index (χ2v) is 5.54. The molecule has 0 saturated heterocycles. The average Bonchev–Trinajstić information content (AvgIpc) is 2.75. The van der Waals surface area contributed by atoms with Gasteiger partial charge >= 0.3 is 0 Å². The van der Waals surface area contributed by atoms with Crippen LogP contribution in [0.4, 0.5) is 10.1 Å². The van der Waals surface area contributed by atoms with Crippen molar-refractivity contribution in [2.75, 3.05) is 5.32 Å². The number of amides is 1. The summed E-state index contributed by atoms with van der Waals surface area (Å²) < 4.78 is 15.0. The number of nitrogens with zero attached hydrogens (tertiary/aromatic N) is 1. The van der Waals surface area contributed by atoms with Gasteiger partial charge in [-0.05, 0) is 36.8 Å². The van der Waals surface area contributed by atoms with Crippen LogP contribution >= 0.6 is 11.6 Å². The fourth-order valence-electron chi connectivity index (χ4n) is 2.67. The molecule has 1 N–H and O–H groups in total. The normalized spacial score (nSPS) is 10.9. The molecule has 0 fully saturated rings. The number of hydrogen-bond donors (Lipinski definition) is 1. The second kappa shape index (κ2) is 5.46. The molecule has 0 aliphatic heterocycles. The minimum Gasteiger partial charge on any atom is -0.339 e. The van der Waals surface area contributed by atoms with E-state index in [4.69, 9.17) is 11.6 Å². The third-order valence-electron chi connectivity index (χ3n) is 3.75. The maximum atomic E-state index is 13.2. The lowest BCUT2D eigenvalue weighted by molar-refractivity contribution is 0.101. The molecule has 0 spiro atoms. The fraction of sp³-hybridized carbons (Fsp3) is 0.118. The third kappa shape index (κ3) is 2.35. The first-order valence-corrected chi connectivity index (χ1v) is 7.17. The number of aryl methyl sites for hydroxylation is 2. The van der Waals surface area contributed by atoms with Crippen molar-refractivity contribution in [2.24, 2.45) is 7.05 Å². The van der Waals surface area contributed by atoms with Crippen LogP contribution in [0.1, 0.15) is 16.1 Å². The maximum Gasteiger partial charge on any atom is 0.272 e. The highest BCUT2D eigenvalue weighted by molar-refractivity contribution is 6.31. The van der Waals surface area contributed by atoms with E-state index in [-0.39, 0.29) is 10.9 Å². The minimum absolute atomic E-state index is 0.0217. The predicted octanol–water partition coefficient (Wildman–Crippen LogP) is 4.53. The molecule has 3 nitrogen and oxygen atoms in total. The lowest BCUT2D eigenvalue weighted by atomic mass is 10.1. The first-order chi connectivity index (χ1) is 10.5. The Bertz CT molecular complexity index is 847. The summed E-state index contributed by atoms with van der Waals surface area (Å²) in [6.07, 6.45) is 0. The number of carbonyl (C=O) groups excluding carboxylic acids is 1. The number of nitrogens with one attached hydrogen (secondary N) is 1. The highest BCUT2D eigenvalue weighted by Gasteiger charge is 2.18. The smallest absolute Gasteiger partial charge is 0.272 e. The van der Waals surface area contributed by atoms with Crippen molar-refractivity contribution in [3.8, 4) is 0 Å². The Labute approximate surface area is 132 Å². The zero-order valence-electron chi connectivity index (χ0n) is 12.2. The van der Waals surface area contributed by atoms with Crippen molar-refractivity contribution < 1.29 is 9.18 Å². The molecule has 3 aromatic rings. The SMILES string of the molecule is Cc1c(C(=O)Nc2ccc(F)c(Cl)c2)n(C)c2ccccc12. The number of benzene rings is 2. The van der Waals surface area contributed by atoms with Crippen LogP contribution in [0.3, 0.4) is 0 Å². The summed E-state index contributed by atoms with van der Waals surface area (Å²) in [6.45, 7) is 1.91. The van der Waals surface area contributed by atoms with Gasteiger partial charge in [-0.1, -0.05) is 29.8 Å². The van der Waals surface area contributed by atoms with Crippen molar-refractivity contribution in [1.82, 2.24) is 4.57 Å². The maximum absolute atomic E-state index is 13.2. The molecular weight excluding hydrogens is 303 g/mol. The van der Waals surface area contributed by atoms with Crippen LogP contribution in [0.5, 0.6) is 0 Å². The largest absolute Gasteiger partial charge is 0.339 e. The van der Waals surface area contributed by atoms with Gasteiger partial charge in [-0.25, -0.2) is 4.39 Å². The number of anilines is 1. The summed E-state index contributed by atoms with van der Waals surface area (Å²) in [4.78, 5) is 12.6. The Morgan fingerprint density at radius 2 is 1.95 bits per heavy atom. The van der Waals surface area contributed by atoms with E-state index in [0.29, 0.717) is 11.4 Å². The van der Waals surface area contributed by atoms with Gasteiger partial charge in [0.15, 0.2) is 0 Å². The molecule has 22 heavy (non-hydrogen) atoms. The standard InChI is InChI=1S/C17H14ClFN2O/c1-10-12-5-3-4-6-15(12)21(2)16(10)17(22)20-11-7-8-14(19)13(18)9-11/h3-9H,1-2H3,(H,20,22).